The largest absolute Gasteiger partial charge is 0.310 e. The van der Waals surface area contributed by atoms with E-state index in [1.807, 2.05) is 0 Å². The molecular formula is C57H39N. The van der Waals surface area contributed by atoms with Crippen LogP contribution in [0.1, 0.15) is 22.3 Å². The van der Waals surface area contributed by atoms with E-state index in [0.717, 1.165) is 17.1 Å². The Morgan fingerprint density at radius 2 is 0.707 bits per heavy atom. The topological polar surface area (TPSA) is 3.24 Å². The van der Waals surface area contributed by atoms with E-state index in [4.69, 9.17) is 0 Å². The summed E-state index contributed by atoms with van der Waals surface area (Å²) in [6, 6.07) is 86.7. The molecule has 272 valence electrons. The third-order valence-electron chi connectivity index (χ3n) is 12.1. The summed E-state index contributed by atoms with van der Waals surface area (Å²) in [5.41, 5.74) is 15.4. The molecule has 0 aromatic heterocycles. The van der Waals surface area contributed by atoms with Crippen molar-refractivity contribution in [2.75, 3.05) is 4.90 Å². The number of rotatable bonds is 7. The van der Waals surface area contributed by atoms with Crippen molar-refractivity contribution in [1.82, 2.24) is 0 Å². The molecule has 0 spiro atoms. The van der Waals surface area contributed by atoms with Crippen molar-refractivity contribution in [3.05, 3.63) is 259 Å². The summed E-state index contributed by atoms with van der Waals surface area (Å²) in [5.74, 6) is 0. The van der Waals surface area contributed by atoms with Gasteiger partial charge >= 0.3 is 0 Å². The molecule has 0 heterocycles. The minimum Gasteiger partial charge on any atom is -0.310 e. The van der Waals surface area contributed by atoms with Gasteiger partial charge in [0, 0.05) is 16.9 Å². The minimum atomic E-state index is -0.484. The van der Waals surface area contributed by atoms with Crippen LogP contribution in [-0.4, -0.2) is 0 Å². The second-order valence-electron chi connectivity index (χ2n) is 15.2. The molecule has 10 aromatic rings. The van der Waals surface area contributed by atoms with Crippen LogP contribution in [0, 0.1) is 0 Å². The van der Waals surface area contributed by atoms with Crippen molar-refractivity contribution < 1.29 is 0 Å². The fourth-order valence-corrected chi connectivity index (χ4v) is 9.79. The molecule has 0 bridgehead atoms. The number of anilines is 3. The molecule has 1 heteroatoms. The Kier molecular flexibility index (Phi) is 8.12. The second-order valence-corrected chi connectivity index (χ2v) is 15.2. The highest BCUT2D eigenvalue weighted by Gasteiger charge is 2.47. The molecule has 0 saturated carbocycles. The SMILES string of the molecule is c1ccc(-c2c(-c3ccc(N(c4ccccc4)c4cccc5c4-c4ccccc4C5(c4ccccc4)c4ccccc4)cc3)c3ccccc3c3ccccc23)cc1. The van der Waals surface area contributed by atoms with Crippen molar-refractivity contribution in [2.45, 2.75) is 5.41 Å². The van der Waals surface area contributed by atoms with E-state index in [2.05, 4.69) is 241 Å². The van der Waals surface area contributed by atoms with Crippen LogP contribution < -0.4 is 4.90 Å². The summed E-state index contributed by atoms with van der Waals surface area (Å²) in [4.78, 5) is 2.45. The van der Waals surface area contributed by atoms with Gasteiger partial charge in [0.1, 0.15) is 0 Å². The first-order chi connectivity index (χ1) is 28.8. The lowest BCUT2D eigenvalue weighted by atomic mass is 9.68. The minimum absolute atomic E-state index is 0.484. The van der Waals surface area contributed by atoms with Crippen molar-refractivity contribution in [1.29, 1.82) is 0 Å². The van der Waals surface area contributed by atoms with Gasteiger partial charge < -0.3 is 4.90 Å². The van der Waals surface area contributed by atoms with E-state index < -0.39 is 5.41 Å². The third-order valence-corrected chi connectivity index (χ3v) is 12.1. The van der Waals surface area contributed by atoms with Crippen LogP contribution in [0.2, 0.25) is 0 Å². The van der Waals surface area contributed by atoms with Crippen molar-refractivity contribution in [3.63, 3.8) is 0 Å². The van der Waals surface area contributed by atoms with Crippen LogP contribution in [0.15, 0.2) is 237 Å². The highest BCUT2D eigenvalue weighted by molar-refractivity contribution is 6.21. The maximum absolute atomic E-state index is 2.45. The van der Waals surface area contributed by atoms with E-state index in [-0.39, 0.29) is 0 Å². The number of benzene rings is 10. The van der Waals surface area contributed by atoms with Gasteiger partial charge in [-0.15, -0.1) is 0 Å². The molecule has 0 saturated heterocycles. The average Bonchev–Trinajstić information content (AvgIpc) is 3.62. The molecule has 1 nitrogen and oxygen atoms in total. The Labute approximate surface area is 339 Å². The Morgan fingerprint density at radius 1 is 0.276 bits per heavy atom. The van der Waals surface area contributed by atoms with Gasteiger partial charge in [0.05, 0.1) is 11.1 Å². The summed E-state index contributed by atoms with van der Waals surface area (Å²) >= 11 is 0. The summed E-state index contributed by atoms with van der Waals surface area (Å²) in [5, 5.41) is 5.05. The number of para-hydroxylation sites is 1. The van der Waals surface area contributed by atoms with E-state index in [1.165, 1.54) is 77.2 Å². The van der Waals surface area contributed by atoms with Crippen LogP contribution in [-0.2, 0) is 5.41 Å². The van der Waals surface area contributed by atoms with Crippen LogP contribution in [0.25, 0.3) is 54.9 Å². The maximum Gasteiger partial charge on any atom is 0.0714 e. The molecule has 0 unspecified atom stereocenters. The molecule has 58 heavy (non-hydrogen) atoms. The van der Waals surface area contributed by atoms with Gasteiger partial charge in [0.15, 0.2) is 0 Å². The smallest absolute Gasteiger partial charge is 0.0714 e. The molecule has 0 fully saturated rings. The molecule has 1 aliphatic carbocycles. The van der Waals surface area contributed by atoms with Crippen molar-refractivity contribution in [3.8, 4) is 33.4 Å². The van der Waals surface area contributed by atoms with Gasteiger partial charge in [-0.05, 0) is 102 Å². The predicted molar refractivity (Wildman–Crippen MR) is 244 cm³/mol. The first-order valence-electron chi connectivity index (χ1n) is 20.1. The zero-order chi connectivity index (χ0) is 38.5. The first kappa shape index (κ1) is 33.8. The molecule has 11 rings (SSSR count). The third kappa shape index (κ3) is 5.17. The fourth-order valence-electron chi connectivity index (χ4n) is 9.79. The lowest BCUT2D eigenvalue weighted by Gasteiger charge is -2.34. The van der Waals surface area contributed by atoms with Gasteiger partial charge in [0.25, 0.3) is 0 Å². The van der Waals surface area contributed by atoms with Crippen LogP contribution in [0.5, 0.6) is 0 Å². The second kappa shape index (κ2) is 13.9. The standard InChI is InChI=1S/C57H39N/c1-5-20-40(21-6-1)54-48-30-15-13-28-46(48)47-29-14-16-31-49(47)55(54)41-36-38-45(39-37-41)58(44-26-11-4-12-27-44)53-35-19-34-52-56(53)50-32-17-18-33-51(50)57(52,42-22-7-2-8-23-42)43-24-9-3-10-25-43/h1-39H. The molecule has 10 aromatic carbocycles. The monoisotopic (exact) mass is 737 g/mol. The Balaban J connectivity index is 1.15. The molecule has 0 atom stereocenters. The average molecular weight is 738 g/mol. The van der Waals surface area contributed by atoms with E-state index >= 15 is 0 Å². The zero-order valence-electron chi connectivity index (χ0n) is 32.0. The van der Waals surface area contributed by atoms with Crippen molar-refractivity contribution in [2.24, 2.45) is 0 Å². The molecule has 0 N–H and O–H groups in total. The summed E-state index contributed by atoms with van der Waals surface area (Å²) in [6.07, 6.45) is 0. The van der Waals surface area contributed by atoms with E-state index in [0.29, 0.717) is 0 Å². The fraction of sp³-hybridized carbons (Fsp3) is 0.0175. The molecule has 0 radical (unpaired) electrons. The van der Waals surface area contributed by atoms with Gasteiger partial charge in [-0.3, -0.25) is 0 Å². The lowest BCUT2D eigenvalue weighted by Crippen LogP contribution is -2.28. The maximum atomic E-state index is 2.45. The van der Waals surface area contributed by atoms with Crippen LogP contribution in [0.4, 0.5) is 17.1 Å². The molecule has 0 amide bonds. The van der Waals surface area contributed by atoms with Gasteiger partial charge in [-0.1, -0.05) is 206 Å². The van der Waals surface area contributed by atoms with Crippen LogP contribution >= 0.6 is 0 Å². The van der Waals surface area contributed by atoms with Crippen LogP contribution in [0.3, 0.4) is 0 Å². The van der Waals surface area contributed by atoms with Gasteiger partial charge in [0.2, 0.25) is 0 Å². The predicted octanol–water partition coefficient (Wildman–Crippen LogP) is 15.2. The molecule has 0 aliphatic heterocycles. The summed E-state index contributed by atoms with van der Waals surface area (Å²) < 4.78 is 0. The number of hydrogen-bond donors (Lipinski definition) is 0. The zero-order valence-corrected chi connectivity index (χ0v) is 32.0. The van der Waals surface area contributed by atoms with Gasteiger partial charge in [-0.25, -0.2) is 0 Å². The lowest BCUT2D eigenvalue weighted by molar-refractivity contribution is 0.768. The van der Waals surface area contributed by atoms with Gasteiger partial charge in [-0.2, -0.15) is 0 Å². The molecule has 1 aliphatic rings. The summed E-state index contributed by atoms with van der Waals surface area (Å²) in [7, 11) is 0. The Morgan fingerprint density at radius 3 is 1.29 bits per heavy atom. The molecular weight excluding hydrogens is 699 g/mol. The van der Waals surface area contributed by atoms with Crippen molar-refractivity contribution >= 4 is 38.6 Å². The highest BCUT2D eigenvalue weighted by atomic mass is 15.1. The number of nitrogens with zero attached hydrogens (tertiary/aromatic N) is 1. The number of fused-ring (bicyclic) bond motifs is 6. The van der Waals surface area contributed by atoms with E-state index in [9.17, 15) is 0 Å². The Bertz CT molecular complexity index is 3040. The first-order valence-corrected chi connectivity index (χ1v) is 20.1. The quantitative estimate of drug-likeness (QED) is 0.147. The van der Waals surface area contributed by atoms with E-state index in [1.54, 1.807) is 0 Å². The summed E-state index contributed by atoms with van der Waals surface area (Å²) in [6.45, 7) is 0. The normalized spacial score (nSPS) is 12.6. The Hall–Kier alpha value is -7.48. The number of hydrogen-bond acceptors (Lipinski definition) is 1. The highest BCUT2D eigenvalue weighted by Crippen LogP contribution is 2.59.